The Hall–Kier alpha value is -0.950. The van der Waals surface area contributed by atoms with Crippen LogP contribution in [0.25, 0.3) is 0 Å². The number of carbonyl (C=O) groups excluding carboxylic acids is 1. The Morgan fingerprint density at radius 3 is 3.00 bits per heavy atom. The monoisotopic (exact) mass is 277 g/mol. The molecule has 84 valence electrons. The van der Waals surface area contributed by atoms with E-state index in [9.17, 15) is 4.79 Å². The Morgan fingerprint density at radius 2 is 2.47 bits per heavy atom. The van der Waals surface area contributed by atoms with Crippen molar-refractivity contribution in [2.75, 3.05) is 13.7 Å². The largest absolute Gasteiger partial charge is 0.468 e. The topological polar surface area (TPSA) is 77.2 Å². The second-order valence-electron chi connectivity index (χ2n) is 2.85. The molecule has 0 radical (unpaired) electrons. The predicted molar refractivity (Wildman–Crippen MR) is 55.5 cm³/mol. The average molecular weight is 278 g/mol. The number of aryl methyl sites for hydroxylation is 1. The number of aromatic nitrogens is 2. The highest BCUT2D eigenvalue weighted by Crippen LogP contribution is 2.00. The molecule has 1 atom stereocenters. The highest BCUT2D eigenvalue weighted by molar-refractivity contribution is 9.10. The third kappa shape index (κ3) is 3.96. The minimum absolute atomic E-state index is 0.313. The Labute approximate surface area is 95.5 Å². The normalized spacial score (nSPS) is 12.5. The number of nitrogens with zero attached hydrogens (tertiary/aromatic N) is 2. The molecule has 1 aromatic rings. The van der Waals surface area contributed by atoms with Gasteiger partial charge in [0.05, 0.1) is 13.7 Å². The summed E-state index contributed by atoms with van der Waals surface area (Å²) in [5, 5.41) is 6.69. The molecule has 1 rings (SSSR count). The number of carbonyl (C=O) groups is 1. The molecule has 0 saturated heterocycles. The Morgan fingerprint density at radius 1 is 1.73 bits per heavy atom. The summed E-state index contributed by atoms with van der Waals surface area (Å²) in [7, 11) is 1.35. The van der Waals surface area contributed by atoms with Crippen LogP contribution in [-0.2, 0) is 16.1 Å². The fourth-order valence-electron chi connectivity index (χ4n) is 0.935. The van der Waals surface area contributed by atoms with E-state index < -0.39 is 0 Å². The first-order valence-corrected chi connectivity index (χ1v) is 5.27. The number of esters is 1. The van der Waals surface area contributed by atoms with Crippen LogP contribution >= 0.6 is 15.9 Å². The molecule has 1 unspecified atom stereocenters. The van der Waals surface area contributed by atoms with Crippen molar-refractivity contribution in [3.63, 3.8) is 0 Å². The molecule has 7 heteroatoms. The zero-order chi connectivity index (χ0) is 11.3. The lowest BCUT2D eigenvalue weighted by molar-refractivity contribution is -0.139. The van der Waals surface area contributed by atoms with E-state index in [1.54, 1.807) is 6.92 Å². The lowest BCUT2D eigenvalue weighted by Gasteiger charge is -2.07. The summed E-state index contributed by atoms with van der Waals surface area (Å²) in [5.74, 6) is 0.777. The van der Waals surface area contributed by atoms with E-state index in [0.717, 1.165) is 0 Å². The number of halogens is 1. The van der Waals surface area contributed by atoms with Gasteiger partial charge in [0, 0.05) is 13.5 Å². The van der Waals surface area contributed by atoms with Gasteiger partial charge in [0.1, 0.15) is 4.83 Å². The smallest absolute Gasteiger partial charge is 0.320 e. The quantitative estimate of drug-likeness (QED) is 0.620. The molecule has 6 nitrogen and oxygen atoms in total. The van der Waals surface area contributed by atoms with Crippen molar-refractivity contribution in [3.8, 4) is 0 Å². The van der Waals surface area contributed by atoms with Crippen molar-refractivity contribution in [1.29, 1.82) is 0 Å². The van der Waals surface area contributed by atoms with E-state index in [-0.39, 0.29) is 10.8 Å². The third-order valence-electron chi connectivity index (χ3n) is 1.63. The number of ether oxygens (including phenoxy) is 1. The third-order valence-corrected chi connectivity index (χ3v) is 2.33. The Bertz CT molecular complexity index is 329. The van der Waals surface area contributed by atoms with Crippen molar-refractivity contribution in [1.82, 2.24) is 15.5 Å². The summed E-state index contributed by atoms with van der Waals surface area (Å²) in [5.41, 5.74) is 0. The average Bonchev–Trinajstić information content (AvgIpc) is 2.63. The van der Waals surface area contributed by atoms with Gasteiger partial charge in [-0.15, -0.1) is 0 Å². The number of hydrogen-bond acceptors (Lipinski definition) is 6. The molecule has 15 heavy (non-hydrogen) atoms. The highest BCUT2D eigenvalue weighted by atomic mass is 79.9. The molecule has 0 bridgehead atoms. The molecule has 1 N–H and O–H groups in total. The maximum absolute atomic E-state index is 11.0. The first kappa shape index (κ1) is 12.1. The molecule has 0 aliphatic heterocycles. The summed E-state index contributed by atoms with van der Waals surface area (Å²) in [4.78, 5) is 14.6. The van der Waals surface area contributed by atoms with Crippen LogP contribution < -0.4 is 5.32 Å². The molecule has 0 amide bonds. The maximum Gasteiger partial charge on any atom is 0.320 e. The SMILES string of the molecule is COC(=O)C(Br)CNCc1noc(C)n1. The van der Waals surface area contributed by atoms with Gasteiger partial charge >= 0.3 is 5.97 Å². The Balaban J connectivity index is 2.24. The Kier molecular flexibility index (Phi) is 4.70. The van der Waals surface area contributed by atoms with Gasteiger partial charge in [-0.1, -0.05) is 21.1 Å². The van der Waals surface area contributed by atoms with Crippen molar-refractivity contribution >= 4 is 21.9 Å². The van der Waals surface area contributed by atoms with E-state index in [2.05, 4.69) is 36.1 Å². The number of methoxy groups -OCH3 is 1. The number of nitrogens with one attached hydrogen (secondary N) is 1. The number of hydrogen-bond donors (Lipinski definition) is 1. The molecule has 0 fully saturated rings. The van der Waals surface area contributed by atoms with Crippen LogP contribution in [0.1, 0.15) is 11.7 Å². The zero-order valence-electron chi connectivity index (χ0n) is 8.49. The minimum atomic E-state index is -0.365. The lowest BCUT2D eigenvalue weighted by atomic mass is 10.4. The lowest BCUT2D eigenvalue weighted by Crippen LogP contribution is -2.29. The van der Waals surface area contributed by atoms with Gasteiger partial charge in [-0.05, 0) is 0 Å². The molecular weight excluding hydrogens is 266 g/mol. The molecule has 0 saturated carbocycles. The molecule has 0 aromatic carbocycles. The van der Waals surface area contributed by atoms with Gasteiger partial charge in [0.25, 0.3) is 0 Å². The summed E-state index contributed by atoms with van der Waals surface area (Å²) in [6.45, 7) is 2.62. The van der Waals surface area contributed by atoms with Gasteiger partial charge in [-0.2, -0.15) is 4.98 Å². The van der Waals surface area contributed by atoms with Crippen LogP contribution in [0.3, 0.4) is 0 Å². The molecule has 1 heterocycles. The van der Waals surface area contributed by atoms with E-state index in [4.69, 9.17) is 4.52 Å². The maximum atomic E-state index is 11.0. The van der Waals surface area contributed by atoms with Gasteiger partial charge in [0.2, 0.25) is 5.89 Å². The zero-order valence-corrected chi connectivity index (χ0v) is 10.1. The molecule has 0 aliphatic rings. The van der Waals surface area contributed by atoms with E-state index >= 15 is 0 Å². The predicted octanol–water partition coefficient (Wildman–Crippen LogP) is 0.404. The van der Waals surface area contributed by atoms with Crippen molar-refractivity contribution in [2.45, 2.75) is 18.3 Å². The molecule has 0 spiro atoms. The molecule has 0 aliphatic carbocycles. The van der Waals surface area contributed by atoms with Gasteiger partial charge in [-0.3, -0.25) is 4.79 Å². The first-order valence-electron chi connectivity index (χ1n) is 4.35. The number of rotatable bonds is 5. The summed E-state index contributed by atoms with van der Waals surface area (Å²) >= 11 is 3.18. The second-order valence-corrected chi connectivity index (χ2v) is 3.96. The van der Waals surface area contributed by atoms with Gasteiger partial charge < -0.3 is 14.6 Å². The van der Waals surface area contributed by atoms with Crippen LogP contribution in [0, 0.1) is 6.92 Å². The van der Waals surface area contributed by atoms with Crippen molar-refractivity contribution in [2.24, 2.45) is 0 Å². The van der Waals surface area contributed by atoms with Gasteiger partial charge in [0.15, 0.2) is 5.82 Å². The second kappa shape index (κ2) is 5.82. The van der Waals surface area contributed by atoms with E-state index in [0.29, 0.717) is 24.8 Å². The standard InChI is InChI=1S/C8H12BrN3O3/c1-5-11-7(12-15-5)4-10-3-6(9)8(13)14-2/h6,10H,3-4H2,1-2H3. The summed E-state index contributed by atoms with van der Waals surface area (Å²) in [6.07, 6.45) is 0. The van der Waals surface area contributed by atoms with E-state index in [1.807, 2.05) is 0 Å². The van der Waals surface area contributed by atoms with Crippen molar-refractivity contribution in [3.05, 3.63) is 11.7 Å². The van der Waals surface area contributed by atoms with Crippen LogP contribution in [0.15, 0.2) is 4.52 Å². The fourth-order valence-corrected chi connectivity index (χ4v) is 1.35. The van der Waals surface area contributed by atoms with Crippen LogP contribution in [0.4, 0.5) is 0 Å². The van der Waals surface area contributed by atoms with Crippen LogP contribution in [0.5, 0.6) is 0 Å². The fraction of sp³-hybridized carbons (Fsp3) is 0.625. The summed E-state index contributed by atoms with van der Waals surface area (Å²) in [6, 6.07) is 0. The van der Waals surface area contributed by atoms with Crippen LogP contribution in [-0.4, -0.2) is 34.6 Å². The minimum Gasteiger partial charge on any atom is -0.468 e. The first-order chi connectivity index (χ1) is 7.13. The van der Waals surface area contributed by atoms with Gasteiger partial charge in [-0.25, -0.2) is 0 Å². The molecular formula is C8H12BrN3O3. The summed E-state index contributed by atoms with van der Waals surface area (Å²) < 4.78 is 9.33. The van der Waals surface area contributed by atoms with Crippen LogP contribution in [0.2, 0.25) is 0 Å². The number of alkyl halides is 1. The highest BCUT2D eigenvalue weighted by Gasteiger charge is 2.14. The van der Waals surface area contributed by atoms with E-state index in [1.165, 1.54) is 7.11 Å². The van der Waals surface area contributed by atoms with Crippen molar-refractivity contribution < 1.29 is 14.1 Å². The molecule has 1 aromatic heterocycles.